The molecule has 0 bridgehead atoms. The van der Waals surface area contributed by atoms with Crippen LogP contribution in [-0.4, -0.2) is 59.4 Å². The van der Waals surface area contributed by atoms with E-state index in [1.54, 1.807) is 49.4 Å². The predicted octanol–water partition coefficient (Wildman–Crippen LogP) is 2.48. The van der Waals surface area contributed by atoms with Crippen molar-refractivity contribution in [2.24, 2.45) is 5.73 Å². The van der Waals surface area contributed by atoms with Crippen LogP contribution in [0.15, 0.2) is 48.8 Å². The van der Waals surface area contributed by atoms with E-state index in [2.05, 4.69) is 15.6 Å². The first-order valence-corrected chi connectivity index (χ1v) is 10.5. The highest BCUT2D eigenvalue weighted by Crippen LogP contribution is 2.23. The average molecular weight is 469 g/mol. The number of aromatic nitrogens is 2. The van der Waals surface area contributed by atoms with Crippen molar-refractivity contribution in [1.82, 2.24) is 19.8 Å². The lowest BCUT2D eigenvalue weighted by Gasteiger charge is -2.13. The number of primary amides is 1. The molecule has 3 rings (SSSR count). The first-order valence-electron chi connectivity index (χ1n) is 10.2. The molecule has 0 unspecified atom stereocenters. The average Bonchev–Trinajstić information content (AvgIpc) is 3.20. The van der Waals surface area contributed by atoms with E-state index in [0.29, 0.717) is 35.1 Å². The summed E-state index contributed by atoms with van der Waals surface area (Å²) in [4.78, 5) is 43.3. The van der Waals surface area contributed by atoms with E-state index in [9.17, 15) is 14.4 Å². The molecule has 1 heterocycles. The molecule has 10 heteroatoms. The minimum Gasteiger partial charge on any atom is -0.364 e. The number of hydrogen-bond acceptors (Lipinski definition) is 5. The molecule has 4 N–H and O–H groups in total. The summed E-state index contributed by atoms with van der Waals surface area (Å²) in [5, 5.41) is 5.91. The second-order valence-corrected chi connectivity index (χ2v) is 8.08. The van der Waals surface area contributed by atoms with Gasteiger partial charge in [0.2, 0.25) is 0 Å². The van der Waals surface area contributed by atoms with E-state index in [-0.39, 0.29) is 17.3 Å². The highest BCUT2D eigenvalue weighted by molar-refractivity contribution is 6.34. The van der Waals surface area contributed by atoms with Gasteiger partial charge < -0.3 is 21.3 Å². The standard InChI is InChI=1S/C23H25ClN6O3/c1-14-12-15(8-9-18(14)28-22(32)16-6-4-5-7-17(16)24)30-13-27-19(20(30)21(25)31)23(33)26-10-11-29(2)3/h4-9,12-13H,10-11H2,1-3H3,(H2,25,31)(H,26,33)(H,28,32). The van der Waals surface area contributed by atoms with Crippen LogP contribution in [0.3, 0.4) is 0 Å². The van der Waals surface area contributed by atoms with Gasteiger partial charge in [0.05, 0.1) is 10.6 Å². The summed E-state index contributed by atoms with van der Waals surface area (Å²) in [6.07, 6.45) is 1.37. The number of nitrogens with one attached hydrogen (secondary N) is 2. The predicted molar refractivity (Wildman–Crippen MR) is 127 cm³/mol. The Hall–Kier alpha value is -3.69. The van der Waals surface area contributed by atoms with Crippen molar-refractivity contribution >= 4 is 35.0 Å². The van der Waals surface area contributed by atoms with Crippen LogP contribution in [0.1, 0.15) is 36.9 Å². The summed E-state index contributed by atoms with van der Waals surface area (Å²) < 4.78 is 1.45. The molecule has 0 aliphatic heterocycles. The smallest absolute Gasteiger partial charge is 0.272 e. The Morgan fingerprint density at radius 1 is 1.12 bits per heavy atom. The van der Waals surface area contributed by atoms with Crippen molar-refractivity contribution in [3.8, 4) is 5.69 Å². The quantitative estimate of drug-likeness (QED) is 0.468. The van der Waals surface area contributed by atoms with Crippen LogP contribution in [0.25, 0.3) is 5.69 Å². The summed E-state index contributed by atoms with van der Waals surface area (Å²) in [6, 6.07) is 11.9. The number of halogens is 1. The zero-order chi connectivity index (χ0) is 24.1. The van der Waals surface area contributed by atoms with Crippen molar-refractivity contribution in [3.63, 3.8) is 0 Å². The van der Waals surface area contributed by atoms with Gasteiger partial charge in [-0.3, -0.25) is 19.0 Å². The minimum atomic E-state index is -0.779. The fourth-order valence-corrected chi connectivity index (χ4v) is 3.42. The largest absolute Gasteiger partial charge is 0.364 e. The van der Waals surface area contributed by atoms with Gasteiger partial charge in [-0.1, -0.05) is 23.7 Å². The van der Waals surface area contributed by atoms with Gasteiger partial charge in [0, 0.05) is 24.5 Å². The van der Waals surface area contributed by atoms with E-state index in [4.69, 9.17) is 17.3 Å². The number of benzene rings is 2. The zero-order valence-electron chi connectivity index (χ0n) is 18.6. The summed E-state index contributed by atoms with van der Waals surface area (Å²) >= 11 is 6.10. The zero-order valence-corrected chi connectivity index (χ0v) is 19.3. The maximum atomic E-state index is 12.6. The second kappa shape index (κ2) is 10.3. The highest BCUT2D eigenvalue weighted by Gasteiger charge is 2.23. The van der Waals surface area contributed by atoms with Gasteiger partial charge in [0.1, 0.15) is 12.0 Å². The number of anilines is 1. The Morgan fingerprint density at radius 2 is 1.85 bits per heavy atom. The summed E-state index contributed by atoms with van der Waals surface area (Å²) in [7, 11) is 3.77. The summed E-state index contributed by atoms with van der Waals surface area (Å²) in [5.41, 5.74) is 7.73. The number of imidazole rings is 1. The topological polar surface area (TPSA) is 122 Å². The fraction of sp³-hybridized carbons (Fsp3) is 0.217. The van der Waals surface area contributed by atoms with Gasteiger partial charge >= 0.3 is 0 Å². The van der Waals surface area contributed by atoms with Crippen LogP contribution in [0.4, 0.5) is 5.69 Å². The van der Waals surface area contributed by atoms with Gasteiger partial charge in [-0.05, 0) is 56.9 Å². The molecule has 9 nitrogen and oxygen atoms in total. The summed E-state index contributed by atoms with van der Waals surface area (Å²) in [5.74, 6) is -1.60. The molecule has 2 aromatic carbocycles. The van der Waals surface area contributed by atoms with Crippen LogP contribution in [-0.2, 0) is 0 Å². The molecule has 0 radical (unpaired) electrons. The minimum absolute atomic E-state index is 0.0235. The molecule has 0 aliphatic rings. The Bertz CT molecular complexity index is 1200. The molecule has 3 amide bonds. The number of nitrogens with two attached hydrogens (primary N) is 1. The van der Waals surface area contributed by atoms with E-state index < -0.39 is 11.8 Å². The maximum absolute atomic E-state index is 12.6. The van der Waals surface area contributed by atoms with Crippen molar-refractivity contribution in [2.45, 2.75) is 6.92 Å². The van der Waals surface area contributed by atoms with Crippen LogP contribution < -0.4 is 16.4 Å². The third-order valence-corrected chi connectivity index (χ3v) is 5.24. The first-order chi connectivity index (χ1) is 15.7. The number of carbonyl (C=O) groups excluding carboxylic acids is 3. The molecule has 172 valence electrons. The highest BCUT2D eigenvalue weighted by atomic mass is 35.5. The number of nitrogens with zero attached hydrogens (tertiary/aromatic N) is 3. The maximum Gasteiger partial charge on any atom is 0.272 e. The second-order valence-electron chi connectivity index (χ2n) is 7.67. The normalized spacial score (nSPS) is 10.8. The SMILES string of the molecule is Cc1cc(-n2cnc(C(=O)NCCN(C)C)c2C(N)=O)ccc1NC(=O)c1ccccc1Cl. The molecule has 33 heavy (non-hydrogen) atoms. The number of carbonyl (C=O) groups is 3. The van der Waals surface area contributed by atoms with Gasteiger partial charge in [-0.15, -0.1) is 0 Å². The van der Waals surface area contributed by atoms with Gasteiger partial charge in [-0.2, -0.15) is 0 Å². The third kappa shape index (κ3) is 5.57. The van der Waals surface area contributed by atoms with Crippen LogP contribution in [0.5, 0.6) is 0 Å². The Balaban J connectivity index is 1.85. The molecular formula is C23H25ClN6O3. The third-order valence-electron chi connectivity index (χ3n) is 4.92. The van der Waals surface area contributed by atoms with Crippen molar-refractivity contribution in [2.75, 3.05) is 32.5 Å². The van der Waals surface area contributed by atoms with Gasteiger partial charge in [-0.25, -0.2) is 4.98 Å². The molecule has 1 aromatic heterocycles. The fourth-order valence-electron chi connectivity index (χ4n) is 3.20. The molecule has 0 saturated carbocycles. The first kappa shape index (κ1) is 24.0. The molecule has 0 spiro atoms. The Morgan fingerprint density at radius 3 is 2.48 bits per heavy atom. The van der Waals surface area contributed by atoms with E-state index in [1.807, 2.05) is 19.0 Å². The molecule has 0 atom stereocenters. The Labute approximate surface area is 196 Å². The van der Waals surface area contributed by atoms with Gasteiger partial charge in [0.25, 0.3) is 17.7 Å². The van der Waals surface area contributed by atoms with Crippen LogP contribution in [0, 0.1) is 6.92 Å². The van der Waals surface area contributed by atoms with E-state index in [1.165, 1.54) is 10.9 Å². The molecular weight excluding hydrogens is 444 g/mol. The van der Waals surface area contributed by atoms with E-state index in [0.717, 1.165) is 5.56 Å². The lowest BCUT2D eigenvalue weighted by molar-refractivity contribution is 0.0928. The lowest BCUT2D eigenvalue weighted by atomic mass is 10.1. The monoisotopic (exact) mass is 468 g/mol. The number of rotatable bonds is 8. The molecule has 3 aromatic rings. The lowest BCUT2D eigenvalue weighted by Crippen LogP contribution is -2.33. The molecule has 0 saturated heterocycles. The Kier molecular flexibility index (Phi) is 7.47. The number of aryl methyl sites for hydroxylation is 1. The van der Waals surface area contributed by atoms with Gasteiger partial charge in [0.15, 0.2) is 5.69 Å². The number of hydrogen-bond donors (Lipinski definition) is 3. The van der Waals surface area contributed by atoms with E-state index >= 15 is 0 Å². The summed E-state index contributed by atoms with van der Waals surface area (Å²) in [6.45, 7) is 2.84. The molecule has 0 fully saturated rings. The van der Waals surface area contributed by atoms with Crippen molar-refractivity contribution < 1.29 is 14.4 Å². The number of likely N-dealkylation sites (N-methyl/N-ethyl adjacent to an activating group) is 1. The van der Waals surface area contributed by atoms with Crippen LogP contribution >= 0.6 is 11.6 Å². The number of amides is 3. The molecule has 0 aliphatic carbocycles. The van der Waals surface area contributed by atoms with Crippen LogP contribution in [0.2, 0.25) is 5.02 Å². The van der Waals surface area contributed by atoms with Crippen molar-refractivity contribution in [1.29, 1.82) is 0 Å². The van der Waals surface area contributed by atoms with Crippen molar-refractivity contribution in [3.05, 3.63) is 76.3 Å².